The van der Waals surface area contributed by atoms with Crippen molar-refractivity contribution in [3.8, 4) is 11.5 Å². The third-order valence-electron chi connectivity index (χ3n) is 7.34. The monoisotopic (exact) mass is 427 g/mol. The van der Waals surface area contributed by atoms with Crippen LogP contribution in [0.3, 0.4) is 0 Å². The van der Waals surface area contributed by atoms with Crippen LogP contribution in [0.2, 0.25) is 0 Å². The lowest BCUT2D eigenvalue weighted by molar-refractivity contribution is -0.146. The van der Waals surface area contributed by atoms with Gasteiger partial charge in [-0.3, -0.25) is 25.2 Å². The van der Waals surface area contributed by atoms with Gasteiger partial charge in [0, 0.05) is 23.9 Å². The fourth-order valence-electron chi connectivity index (χ4n) is 6.33. The predicted molar refractivity (Wildman–Crippen MR) is 111 cm³/mol. The summed E-state index contributed by atoms with van der Waals surface area (Å²) < 4.78 is 10.5. The van der Waals surface area contributed by atoms with Crippen molar-refractivity contribution in [2.45, 2.75) is 51.4 Å². The van der Waals surface area contributed by atoms with Crippen LogP contribution in [0.5, 0.6) is 11.5 Å². The summed E-state index contributed by atoms with van der Waals surface area (Å²) in [4.78, 5) is 37.2. The Labute approximate surface area is 181 Å². The van der Waals surface area contributed by atoms with Gasteiger partial charge in [-0.05, 0) is 80.9 Å². The second kappa shape index (κ2) is 8.05. The molecular weight excluding hydrogens is 398 g/mol. The average Bonchev–Trinajstić information content (AvgIpc) is 3.22. The molecule has 1 aliphatic heterocycles. The van der Waals surface area contributed by atoms with Crippen LogP contribution in [0, 0.1) is 23.2 Å². The number of carbonyl (C=O) groups is 3. The van der Waals surface area contributed by atoms with Gasteiger partial charge in [0.2, 0.25) is 18.6 Å². The Morgan fingerprint density at radius 3 is 2.32 bits per heavy atom. The number of rotatable bonds is 6. The summed E-state index contributed by atoms with van der Waals surface area (Å²) in [5, 5.41) is 3.08. The molecule has 1 heterocycles. The fourth-order valence-corrected chi connectivity index (χ4v) is 6.33. The van der Waals surface area contributed by atoms with Gasteiger partial charge in [0.15, 0.2) is 11.5 Å². The third-order valence-corrected chi connectivity index (χ3v) is 7.34. The Morgan fingerprint density at radius 1 is 0.935 bits per heavy atom. The van der Waals surface area contributed by atoms with Crippen molar-refractivity contribution in [2.24, 2.45) is 23.2 Å². The molecule has 166 valence electrons. The summed E-state index contributed by atoms with van der Waals surface area (Å²) in [6.45, 7) is 0.612. The van der Waals surface area contributed by atoms with Crippen LogP contribution in [0.1, 0.15) is 61.7 Å². The van der Waals surface area contributed by atoms with Crippen LogP contribution in [-0.2, 0) is 9.59 Å². The summed E-state index contributed by atoms with van der Waals surface area (Å²) in [5.41, 5.74) is 5.04. The molecule has 5 aliphatic rings. The van der Waals surface area contributed by atoms with Gasteiger partial charge in [-0.15, -0.1) is 0 Å². The maximum atomic E-state index is 12.9. The van der Waals surface area contributed by atoms with Crippen LogP contribution in [-0.4, -0.2) is 31.1 Å². The maximum Gasteiger partial charge on any atom is 0.269 e. The molecule has 3 N–H and O–H groups in total. The van der Waals surface area contributed by atoms with E-state index in [9.17, 15) is 14.4 Å². The minimum atomic E-state index is -0.429. The predicted octanol–water partition coefficient (Wildman–Crippen LogP) is 2.29. The summed E-state index contributed by atoms with van der Waals surface area (Å²) in [7, 11) is 0. The van der Waals surface area contributed by atoms with Gasteiger partial charge in [0.1, 0.15) is 0 Å². The van der Waals surface area contributed by atoms with Crippen molar-refractivity contribution in [1.82, 2.24) is 16.2 Å². The molecule has 4 fully saturated rings. The summed E-state index contributed by atoms with van der Waals surface area (Å²) >= 11 is 0. The molecule has 0 aromatic heterocycles. The molecule has 4 saturated carbocycles. The molecule has 1 aromatic carbocycles. The first-order chi connectivity index (χ1) is 15.0. The second-order valence-corrected chi connectivity index (χ2v) is 9.63. The van der Waals surface area contributed by atoms with Crippen molar-refractivity contribution in [1.29, 1.82) is 0 Å². The van der Waals surface area contributed by atoms with Gasteiger partial charge in [-0.2, -0.15) is 0 Å². The Kier molecular flexibility index (Phi) is 5.24. The number of hydrogen-bond acceptors (Lipinski definition) is 5. The van der Waals surface area contributed by atoms with E-state index in [2.05, 4.69) is 16.2 Å². The summed E-state index contributed by atoms with van der Waals surface area (Å²) in [5.74, 6) is 2.76. The Hall–Kier alpha value is -2.77. The maximum absolute atomic E-state index is 12.9. The Morgan fingerprint density at radius 2 is 1.61 bits per heavy atom. The van der Waals surface area contributed by atoms with E-state index >= 15 is 0 Å². The lowest BCUT2D eigenvalue weighted by atomic mass is 9.49. The van der Waals surface area contributed by atoms with Gasteiger partial charge < -0.3 is 14.8 Å². The first-order valence-corrected chi connectivity index (χ1v) is 11.3. The number of carbonyl (C=O) groups excluding carboxylic acids is 3. The lowest BCUT2D eigenvalue weighted by Gasteiger charge is -2.55. The zero-order chi connectivity index (χ0) is 21.4. The largest absolute Gasteiger partial charge is 0.454 e. The highest BCUT2D eigenvalue weighted by Crippen LogP contribution is 2.60. The van der Waals surface area contributed by atoms with Crippen LogP contribution in [0.15, 0.2) is 18.2 Å². The lowest BCUT2D eigenvalue weighted by Crippen LogP contribution is -2.53. The van der Waals surface area contributed by atoms with Crippen molar-refractivity contribution >= 4 is 17.7 Å². The van der Waals surface area contributed by atoms with E-state index in [1.807, 2.05) is 0 Å². The highest BCUT2D eigenvalue weighted by molar-refractivity contribution is 5.96. The summed E-state index contributed by atoms with van der Waals surface area (Å²) in [6, 6.07) is 4.84. The smallest absolute Gasteiger partial charge is 0.269 e. The molecule has 3 amide bonds. The van der Waals surface area contributed by atoms with Gasteiger partial charge in [0.25, 0.3) is 5.91 Å². The van der Waals surface area contributed by atoms with Crippen molar-refractivity contribution in [3.05, 3.63) is 23.8 Å². The molecule has 8 heteroatoms. The van der Waals surface area contributed by atoms with Crippen LogP contribution >= 0.6 is 0 Å². The molecule has 0 atom stereocenters. The molecule has 0 spiro atoms. The molecule has 8 nitrogen and oxygen atoms in total. The van der Waals surface area contributed by atoms with E-state index in [1.165, 1.54) is 19.3 Å². The van der Waals surface area contributed by atoms with Gasteiger partial charge >= 0.3 is 0 Å². The standard InChI is InChI=1S/C23H29N3O5/c27-20(25-26-21(28)17-3-4-18-19(9-17)31-13-30-18)2-1-5-24-22(29)23-10-14-6-15(11-23)8-16(7-14)12-23/h3-4,9,14-16H,1-2,5-8,10-13H2,(H,24,29)(H,25,27)(H,26,28). The van der Waals surface area contributed by atoms with E-state index in [-0.39, 0.29) is 30.4 Å². The molecular formula is C23H29N3O5. The molecule has 6 rings (SSSR count). The highest BCUT2D eigenvalue weighted by atomic mass is 16.7. The van der Waals surface area contributed by atoms with Crippen molar-refractivity contribution in [2.75, 3.05) is 13.3 Å². The quantitative estimate of drug-likeness (QED) is 0.477. The number of amides is 3. The molecule has 0 saturated heterocycles. The summed E-state index contributed by atoms with van der Waals surface area (Å²) in [6.07, 6.45) is 7.80. The van der Waals surface area contributed by atoms with Crippen LogP contribution in [0.4, 0.5) is 0 Å². The number of nitrogens with one attached hydrogen (secondary N) is 3. The average molecular weight is 428 g/mol. The topological polar surface area (TPSA) is 106 Å². The minimum Gasteiger partial charge on any atom is -0.454 e. The van der Waals surface area contributed by atoms with Crippen molar-refractivity contribution < 1.29 is 23.9 Å². The minimum absolute atomic E-state index is 0.135. The van der Waals surface area contributed by atoms with E-state index in [0.29, 0.717) is 30.0 Å². The second-order valence-electron chi connectivity index (χ2n) is 9.63. The number of ether oxygens (including phenoxy) is 2. The zero-order valence-electron chi connectivity index (χ0n) is 17.6. The number of benzene rings is 1. The molecule has 4 bridgehead atoms. The first-order valence-electron chi connectivity index (χ1n) is 11.3. The SMILES string of the molecule is O=C(CCCNC(=O)C12CC3CC(CC(C3)C1)C2)NNC(=O)c1ccc2c(c1)OCO2. The van der Waals surface area contributed by atoms with E-state index in [1.54, 1.807) is 18.2 Å². The number of hydrogen-bond donors (Lipinski definition) is 3. The Balaban J connectivity index is 1.02. The first kappa shape index (κ1) is 20.2. The fraction of sp³-hybridized carbons (Fsp3) is 0.609. The van der Waals surface area contributed by atoms with E-state index in [4.69, 9.17) is 9.47 Å². The molecule has 4 aliphatic carbocycles. The normalized spacial score (nSPS) is 29.5. The number of fused-ring (bicyclic) bond motifs is 1. The van der Waals surface area contributed by atoms with E-state index in [0.717, 1.165) is 37.0 Å². The van der Waals surface area contributed by atoms with Crippen molar-refractivity contribution in [3.63, 3.8) is 0 Å². The van der Waals surface area contributed by atoms with E-state index < -0.39 is 5.91 Å². The van der Waals surface area contributed by atoms with Crippen LogP contribution < -0.4 is 25.6 Å². The highest BCUT2D eigenvalue weighted by Gasteiger charge is 2.54. The molecule has 0 unspecified atom stereocenters. The Bertz CT molecular complexity index is 864. The number of hydrazine groups is 1. The van der Waals surface area contributed by atoms with Gasteiger partial charge in [-0.25, -0.2) is 0 Å². The zero-order valence-corrected chi connectivity index (χ0v) is 17.6. The third kappa shape index (κ3) is 4.07. The molecule has 31 heavy (non-hydrogen) atoms. The molecule has 1 aromatic rings. The van der Waals surface area contributed by atoms with Crippen LogP contribution in [0.25, 0.3) is 0 Å². The van der Waals surface area contributed by atoms with Gasteiger partial charge in [-0.1, -0.05) is 0 Å². The molecule has 0 radical (unpaired) electrons. The van der Waals surface area contributed by atoms with Gasteiger partial charge in [0.05, 0.1) is 0 Å².